The smallest absolute Gasteiger partial charge is 0.230 e. The normalized spacial score (nSPS) is 14.6. The highest BCUT2D eigenvalue weighted by atomic mass is 16.5. The van der Waals surface area contributed by atoms with Crippen LogP contribution >= 0.6 is 0 Å². The summed E-state index contributed by atoms with van der Waals surface area (Å²) >= 11 is 0. The highest BCUT2D eigenvalue weighted by molar-refractivity contribution is 5.87. The fourth-order valence-electron chi connectivity index (χ4n) is 4.48. The third-order valence-electron chi connectivity index (χ3n) is 6.15. The molecule has 2 aromatic heterocycles. The van der Waals surface area contributed by atoms with E-state index in [0.717, 1.165) is 46.2 Å². The van der Waals surface area contributed by atoms with Crippen LogP contribution in [0, 0.1) is 6.92 Å². The molecule has 2 aromatic carbocycles. The quantitative estimate of drug-likeness (QED) is 0.362. The number of benzene rings is 2. The van der Waals surface area contributed by atoms with Crippen molar-refractivity contribution < 1.29 is 14.2 Å². The molecule has 7 heteroatoms. The number of fused-ring (bicyclic) bond motifs is 2. The highest BCUT2D eigenvalue weighted by Crippen LogP contribution is 2.36. The SMILES string of the molecule is COc1cc2c(Oc3ccc4[nH]c(C)cc4c3)ncnc2cc1OCCCN1CCCCC1. The zero-order valence-corrected chi connectivity index (χ0v) is 19.3. The van der Waals surface area contributed by atoms with Gasteiger partial charge < -0.3 is 24.1 Å². The monoisotopic (exact) mass is 446 g/mol. The standard InChI is InChI=1S/C26H30N4O3/c1-18-13-19-14-20(7-8-22(19)29-18)33-26-21-15-24(31-2)25(16-23(21)27-17-28-26)32-12-6-11-30-9-4-3-5-10-30/h7-8,13-17,29H,3-6,9-12H2,1-2H3. The van der Waals surface area contributed by atoms with Crippen LogP contribution in [0.3, 0.4) is 0 Å². The Labute approximate surface area is 193 Å². The van der Waals surface area contributed by atoms with Crippen LogP contribution in [0.4, 0.5) is 0 Å². The lowest BCUT2D eigenvalue weighted by atomic mass is 10.1. The number of methoxy groups -OCH3 is 1. The van der Waals surface area contributed by atoms with Crippen molar-refractivity contribution in [2.75, 3.05) is 33.4 Å². The van der Waals surface area contributed by atoms with E-state index in [1.165, 1.54) is 38.7 Å². The minimum atomic E-state index is 0.488. The number of nitrogens with one attached hydrogen (secondary N) is 1. The first-order chi connectivity index (χ1) is 16.2. The van der Waals surface area contributed by atoms with Gasteiger partial charge in [-0.1, -0.05) is 6.42 Å². The molecule has 1 fully saturated rings. The van der Waals surface area contributed by atoms with Crippen LogP contribution in [0.5, 0.6) is 23.1 Å². The van der Waals surface area contributed by atoms with Gasteiger partial charge in [0.2, 0.25) is 5.88 Å². The third-order valence-corrected chi connectivity index (χ3v) is 6.15. The van der Waals surface area contributed by atoms with E-state index in [9.17, 15) is 0 Å². The summed E-state index contributed by atoms with van der Waals surface area (Å²) in [4.78, 5) is 14.7. The number of aromatic amines is 1. The van der Waals surface area contributed by atoms with Gasteiger partial charge in [-0.3, -0.25) is 0 Å². The number of H-pyrrole nitrogens is 1. The van der Waals surface area contributed by atoms with Crippen molar-refractivity contribution in [1.82, 2.24) is 19.9 Å². The topological polar surface area (TPSA) is 72.5 Å². The number of ether oxygens (including phenoxy) is 3. The lowest BCUT2D eigenvalue weighted by molar-refractivity contribution is 0.203. The van der Waals surface area contributed by atoms with Gasteiger partial charge in [0.05, 0.1) is 24.6 Å². The van der Waals surface area contributed by atoms with Crippen LogP contribution < -0.4 is 14.2 Å². The molecule has 0 saturated carbocycles. The summed E-state index contributed by atoms with van der Waals surface area (Å²) in [5, 5.41) is 1.88. The van der Waals surface area contributed by atoms with Crippen LogP contribution in [-0.4, -0.2) is 53.2 Å². The predicted octanol–water partition coefficient (Wildman–Crippen LogP) is 5.48. The summed E-state index contributed by atoms with van der Waals surface area (Å²) in [7, 11) is 1.65. The minimum absolute atomic E-state index is 0.488. The third kappa shape index (κ3) is 4.88. The molecule has 0 aliphatic carbocycles. The van der Waals surface area contributed by atoms with Crippen LogP contribution in [0.1, 0.15) is 31.4 Å². The maximum absolute atomic E-state index is 6.15. The summed E-state index contributed by atoms with van der Waals surface area (Å²) in [5.41, 5.74) is 2.95. The van der Waals surface area contributed by atoms with Crippen molar-refractivity contribution >= 4 is 21.8 Å². The minimum Gasteiger partial charge on any atom is -0.493 e. The van der Waals surface area contributed by atoms with Crippen molar-refractivity contribution in [3.8, 4) is 23.1 Å². The zero-order chi connectivity index (χ0) is 22.6. The first kappa shape index (κ1) is 21.5. The van der Waals surface area contributed by atoms with Gasteiger partial charge in [0.15, 0.2) is 11.5 Å². The van der Waals surface area contributed by atoms with E-state index < -0.39 is 0 Å². The van der Waals surface area contributed by atoms with E-state index in [4.69, 9.17) is 14.2 Å². The van der Waals surface area contributed by atoms with Gasteiger partial charge in [0, 0.05) is 29.2 Å². The van der Waals surface area contributed by atoms with E-state index in [0.29, 0.717) is 24.0 Å². The van der Waals surface area contributed by atoms with Gasteiger partial charge in [0.1, 0.15) is 12.1 Å². The Morgan fingerprint density at radius 1 is 1.00 bits per heavy atom. The predicted molar refractivity (Wildman–Crippen MR) is 130 cm³/mol. The molecule has 1 aliphatic heterocycles. The van der Waals surface area contributed by atoms with Crippen LogP contribution in [0.25, 0.3) is 21.8 Å². The highest BCUT2D eigenvalue weighted by Gasteiger charge is 2.14. The van der Waals surface area contributed by atoms with Crippen LogP contribution in [0.15, 0.2) is 42.7 Å². The molecular formula is C26H30N4O3. The number of nitrogens with zero attached hydrogens (tertiary/aromatic N) is 3. The molecule has 1 N–H and O–H groups in total. The largest absolute Gasteiger partial charge is 0.493 e. The second-order valence-electron chi connectivity index (χ2n) is 8.61. The number of hydrogen-bond donors (Lipinski definition) is 1. The molecule has 0 spiro atoms. The Hall–Kier alpha value is -3.32. The van der Waals surface area contributed by atoms with E-state index in [1.54, 1.807) is 7.11 Å². The van der Waals surface area contributed by atoms with Crippen molar-refractivity contribution in [2.45, 2.75) is 32.6 Å². The number of aryl methyl sites for hydroxylation is 1. The fourth-order valence-corrected chi connectivity index (χ4v) is 4.48. The molecule has 4 aromatic rings. The van der Waals surface area contributed by atoms with E-state index in [-0.39, 0.29) is 0 Å². The van der Waals surface area contributed by atoms with Gasteiger partial charge in [-0.25, -0.2) is 9.97 Å². The molecule has 7 nitrogen and oxygen atoms in total. The molecule has 172 valence electrons. The van der Waals surface area contributed by atoms with Gasteiger partial charge in [0.25, 0.3) is 0 Å². The number of hydrogen-bond acceptors (Lipinski definition) is 6. The van der Waals surface area contributed by atoms with E-state index in [2.05, 4.69) is 25.9 Å². The van der Waals surface area contributed by atoms with Crippen molar-refractivity contribution in [1.29, 1.82) is 0 Å². The number of piperidine rings is 1. The first-order valence-electron chi connectivity index (χ1n) is 11.6. The summed E-state index contributed by atoms with van der Waals surface area (Å²) < 4.78 is 17.8. The summed E-state index contributed by atoms with van der Waals surface area (Å²) in [6.07, 6.45) is 6.48. The van der Waals surface area contributed by atoms with Gasteiger partial charge in [-0.05, 0) is 69.6 Å². The average molecular weight is 447 g/mol. The molecule has 3 heterocycles. The second-order valence-corrected chi connectivity index (χ2v) is 8.61. The number of rotatable bonds is 8. The molecule has 0 unspecified atom stereocenters. The van der Waals surface area contributed by atoms with Crippen LogP contribution in [0.2, 0.25) is 0 Å². The molecule has 5 rings (SSSR count). The molecule has 33 heavy (non-hydrogen) atoms. The van der Waals surface area contributed by atoms with Gasteiger partial charge >= 0.3 is 0 Å². The summed E-state index contributed by atoms with van der Waals surface area (Å²) in [6, 6.07) is 11.8. The fraction of sp³-hybridized carbons (Fsp3) is 0.385. The van der Waals surface area contributed by atoms with Crippen molar-refractivity contribution in [3.05, 3.63) is 48.4 Å². The Kier molecular flexibility index (Phi) is 6.30. The molecule has 0 bridgehead atoms. The number of likely N-dealkylation sites (tertiary alicyclic amines) is 1. The van der Waals surface area contributed by atoms with E-state index >= 15 is 0 Å². The molecule has 0 atom stereocenters. The summed E-state index contributed by atoms with van der Waals surface area (Å²) in [5.74, 6) is 2.55. The molecule has 0 amide bonds. The molecule has 1 aliphatic rings. The maximum Gasteiger partial charge on any atom is 0.230 e. The Balaban J connectivity index is 1.32. The Bertz CT molecular complexity index is 1250. The second kappa shape index (κ2) is 9.67. The first-order valence-corrected chi connectivity index (χ1v) is 11.6. The summed E-state index contributed by atoms with van der Waals surface area (Å²) in [6.45, 7) is 6.16. The molecule has 0 radical (unpaired) electrons. The molecular weight excluding hydrogens is 416 g/mol. The van der Waals surface area contributed by atoms with Gasteiger partial charge in [-0.2, -0.15) is 0 Å². The van der Waals surface area contributed by atoms with E-state index in [1.807, 2.05) is 37.3 Å². The number of aromatic nitrogens is 3. The van der Waals surface area contributed by atoms with Gasteiger partial charge in [-0.15, -0.1) is 0 Å². The van der Waals surface area contributed by atoms with Crippen molar-refractivity contribution in [2.24, 2.45) is 0 Å². The lowest BCUT2D eigenvalue weighted by Gasteiger charge is -2.26. The van der Waals surface area contributed by atoms with Crippen LogP contribution in [-0.2, 0) is 0 Å². The zero-order valence-electron chi connectivity index (χ0n) is 19.3. The molecule has 1 saturated heterocycles. The average Bonchev–Trinajstić information content (AvgIpc) is 3.21. The Morgan fingerprint density at radius 2 is 1.88 bits per heavy atom. The van der Waals surface area contributed by atoms with Crippen molar-refractivity contribution in [3.63, 3.8) is 0 Å². The lowest BCUT2D eigenvalue weighted by Crippen LogP contribution is -2.31. The maximum atomic E-state index is 6.15. The Morgan fingerprint density at radius 3 is 2.73 bits per heavy atom.